The Labute approximate surface area is 171 Å². The van der Waals surface area contributed by atoms with Crippen LogP contribution in [0.15, 0.2) is 60.9 Å². The fourth-order valence-corrected chi connectivity index (χ4v) is 3.53. The van der Waals surface area contributed by atoms with Crippen LogP contribution in [0.4, 0.5) is 5.95 Å². The van der Waals surface area contributed by atoms with E-state index >= 15 is 0 Å². The predicted molar refractivity (Wildman–Crippen MR) is 114 cm³/mol. The first-order chi connectivity index (χ1) is 14.2. The summed E-state index contributed by atoms with van der Waals surface area (Å²) in [4.78, 5) is 28.3. The Morgan fingerprint density at radius 1 is 0.966 bits per heavy atom. The van der Waals surface area contributed by atoms with E-state index in [0.717, 1.165) is 36.0 Å². The van der Waals surface area contributed by atoms with Gasteiger partial charge in [0.05, 0.1) is 17.4 Å². The Bertz CT molecular complexity index is 953. The normalized spacial score (nSPS) is 15.0. The van der Waals surface area contributed by atoms with Gasteiger partial charge in [-0.15, -0.1) is 0 Å². The molecule has 0 spiro atoms. The number of carbonyl (C=O) groups is 1. The molecule has 6 nitrogen and oxygen atoms in total. The minimum Gasteiger partial charge on any atom is -0.344 e. The number of rotatable bonds is 5. The molecule has 1 fully saturated rings. The summed E-state index contributed by atoms with van der Waals surface area (Å²) in [6.45, 7) is 3.95. The van der Waals surface area contributed by atoms with Gasteiger partial charge in [-0.3, -0.25) is 9.78 Å². The van der Waals surface area contributed by atoms with Gasteiger partial charge in [0.1, 0.15) is 0 Å². The molecule has 2 aromatic heterocycles. The number of anilines is 1. The smallest absolute Gasteiger partial charge is 0.251 e. The maximum absolute atomic E-state index is 12.6. The summed E-state index contributed by atoms with van der Waals surface area (Å²) in [5, 5.41) is 2.99. The van der Waals surface area contributed by atoms with Crippen LogP contribution in [0.3, 0.4) is 0 Å². The van der Waals surface area contributed by atoms with Crippen molar-refractivity contribution in [2.45, 2.75) is 32.2 Å². The van der Waals surface area contributed by atoms with Crippen LogP contribution >= 0.6 is 0 Å². The highest BCUT2D eigenvalue weighted by molar-refractivity contribution is 5.94. The lowest BCUT2D eigenvalue weighted by molar-refractivity contribution is 0.0939. The number of benzene rings is 1. The second-order valence-corrected chi connectivity index (χ2v) is 7.32. The van der Waals surface area contributed by atoms with E-state index in [2.05, 4.69) is 20.2 Å². The number of piperidine rings is 1. The van der Waals surface area contributed by atoms with Crippen LogP contribution < -0.4 is 10.2 Å². The van der Waals surface area contributed by atoms with Crippen molar-refractivity contribution in [1.82, 2.24) is 20.3 Å². The van der Waals surface area contributed by atoms with E-state index in [4.69, 9.17) is 4.98 Å². The number of hydrogen-bond acceptors (Lipinski definition) is 5. The fourth-order valence-electron chi connectivity index (χ4n) is 3.53. The van der Waals surface area contributed by atoms with Gasteiger partial charge < -0.3 is 10.2 Å². The topological polar surface area (TPSA) is 71.0 Å². The quantitative estimate of drug-likeness (QED) is 0.716. The van der Waals surface area contributed by atoms with Crippen LogP contribution in [0.25, 0.3) is 11.3 Å². The predicted octanol–water partition coefficient (Wildman–Crippen LogP) is 4.02. The molecule has 1 atom stereocenters. The summed E-state index contributed by atoms with van der Waals surface area (Å²) in [5.41, 5.74) is 3.29. The summed E-state index contributed by atoms with van der Waals surface area (Å²) >= 11 is 0. The monoisotopic (exact) mass is 387 g/mol. The van der Waals surface area contributed by atoms with Crippen molar-refractivity contribution >= 4 is 11.9 Å². The lowest BCUT2D eigenvalue weighted by atomic mass is 10.1. The molecule has 3 aromatic rings. The van der Waals surface area contributed by atoms with Crippen LogP contribution in [0.2, 0.25) is 0 Å². The third-order valence-corrected chi connectivity index (χ3v) is 5.20. The number of nitrogens with zero attached hydrogens (tertiary/aromatic N) is 4. The maximum atomic E-state index is 12.6. The van der Waals surface area contributed by atoms with Crippen molar-refractivity contribution in [1.29, 1.82) is 0 Å². The third kappa shape index (κ3) is 4.59. The molecular formula is C23H25N5O. The van der Waals surface area contributed by atoms with E-state index in [9.17, 15) is 4.79 Å². The van der Waals surface area contributed by atoms with Gasteiger partial charge in [-0.25, -0.2) is 9.97 Å². The van der Waals surface area contributed by atoms with E-state index in [-0.39, 0.29) is 11.9 Å². The molecule has 3 heterocycles. The summed E-state index contributed by atoms with van der Waals surface area (Å²) in [6.07, 6.45) is 7.19. The summed E-state index contributed by atoms with van der Waals surface area (Å²) in [7, 11) is 0. The maximum Gasteiger partial charge on any atom is 0.251 e. The average Bonchev–Trinajstić information content (AvgIpc) is 2.80. The minimum absolute atomic E-state index is 0.119. The van der Waals surface area contributed by atoms with Crippen molar-refractivity contribution in [2.24, 2.45) is 0 Å². The van der Waals surface area contributed by atoms with Crippen molar-refractivity contribution in [3.8, 4) is 11.3 Å². The Kier molecular flexibility index (Phi) is 5.79. The molecule has 0 bridgehead atoms. The molecule has 0 aliphatic carbocycles. The highest BCUT2D eigenvalue weighted by Crippen LogP contribution is 2.22. The molecule has 0 radical (unpaired) electrons. The molecule has 148 valence electrons. The van der Waals surface area contributed by atoms with Crippen molar-refractivity contribution in [2.75, 3.05) is 18.0 Å². The van der Waals surface area contributed by atoms with E-state index < -0.39 is 0 Å². The van der Waals surface area contributed by atoms with E-state index in [1.807, 2.05) is 55.5 Å². The van der Waals surface area contributed by atoms with Gasteiger partial charge in [-0.1, -0.05) is 18.2 Å². The fraction of sp³-hybridized carbons (Fsp3) is 0.304. The van der Waals surface area contributed by atoms with Crippen molar-refractivity contribution in [3.05, 3.63) is 72.2 Å². The van der Waals surface area contributed by atoms with Crippen LogP contribution in [0, 0.1) is 0 Å². The largest absolute Gasteiger partial charge is 0.344 e. The molecule has 0 saturated carbocycles. The average molecular weight is 387 g/mol. The van der Waals surface area contributed by atoms with E-state index in [1.165, 1.54) is 19.3 Å². The van der Waals surface area contributed by atoms with Gasteiger partial charge in [0, 0.05) is 36.6 Å². The summed E-state index contributed by atoms with van der Waals surface area (Å²) < 4.78 is 0. The van der Waals surface area contributed by atoms with Gasteiger partial charge in [0.2, 0.25) is 5.95 Å². The Balaban J connectivity index is 1.45. The molecule has 1 aliphatic rings. The number of pyridine rings is 1. The van der Waals surface area contributed by atoms with E-state index in [0.29, 0.717) is 5.56 Å². The minimum atomic E-state index is -0.155. The summed E-state index contributed by atoms with van der Waals surface area (Å²) in [6, 6.07) is 15.0. The first kappa shape index (κ1) is 19.1. The Hall–Kier alpha value is -3.28. The van der Waals surface area contributed by atoms with Gasteiger partial charge in [0.15, 0.2) is 0 Å². The van der Waals surface area contributed by atoms with Crippen LogP contribution in [0.5, 0.6) is 0 Å². The lowest BCUT2D eigenvalue weighted by Crippen LogP contribution is -2.30. The van der Waals surface area contributed by atoms with Gasteiger partial charge in [-0.05, 0) is 56.5 Å². The molecule has 29 heavy (non-hydrogen) atoms. The standard InChI is InChI=1S/C23H25N5O/c1-17(20-7-3-4-13-24-20)26-22(29)19-10-8-18(9-11-19)21-12-14-25-23(27-21)28-15-5-2-6-16-28/h3-4,7-14,17H,2,5-6,15-16H2,1H3,(H,26,29). The third-order valence-electron chi connectivity index (χ3n) is 5.20. The highest BCUT2D eigenvalue weighted by atomic mass is 16.1. The molecule has 6 heteroatoms. The van der Waals surface area contributed by atoms with Crippen LogP contribution in [-0.4, -0.2) is 33.9 Å². The Morgan fingerprint density at radius 2 is 1.76 bits per heavy atom. The molecule has 1 unspecified atom stereocenters. The summed E-state index contributed by atoms with van der Waals surface area (Å²) in [5.74, 6) is 0.666. The Morgan fingerprint density at radius 3 is 2.48 bits per heavy atom. The number of carbonyl (C=O) groups excluding carboxylic acids is 1. The number of aromatic nitrogens is 3. The first-order valence-electron chi connectivity index (χ1n) is 10.1. The highest BCUT2D eigenvalue weighted by Gasteiger charge is 2.15. The number of amides is 1. The number of hydrogen-bond donors (Lipinski definition) is 1. The molecule has 1 aliphatic heterocycles. The number of nitrogens with one attached hydrogen (secondary N) is 1. The lowest BCUT2D eigenvalue weighted by Gasteiger charge is -2.26. The van der Waals surface area contributed by atoms with Gasteiger partial charge >= 0.3 is 0 Å². The zero-order valence-corrected chi connectivity index (χ0v) is 16.6. The van der Waals surface area contributed by atoms with E-state index in [1.54, 1.807) is 12.4 Å². The van der Waals surface area contributed by atoms with Crippen LogP contribution in [0.1, 0.15) is 48.3 Å². The second-order valence-electron chi connectivity index (χ2n) is 7.32. The van der Waals surface area contributed by atoms with Crippen molar-refractivity contribution < 1.29 is 4.79 Å². The molecule has 1 amide bonds. The van der Waals surface area contributed by atoms with Crippen molar-refractivity contribution in [3.63, 3.8) is 0 Å². The zero-order valence-electron chi connectivity index (χ0n) is 16.6. The molecule has 1 aromatic carbocycles. The molecule has 1 N–H and O–H groups in total. The van der Waals surface area contributed by atoms with Crippen LogP contribution in [-0.2, 0) is 0 Å². The van der Waals surface area contributed by atoms with Gasteiger partial charge in [-0.2, -0.15) is 0 Å². The molecule has 1 saturated heterocycles. The molecular weight excluding hydrogens is 362 g/mol. The second kappa shape index (κ2) is 8.82. The SMILES string of the molecule is CC(NC(=O)c1ccc(-c2ccnc(N3CCCCC3)n2)cc1)c1ccccn1. The first-order valence-corrected chi connectivity index (χ1v) is 10.1. The molecule has 4 rings (SSSR count). The zero-order chi connectivity index (χ0) is 20.1. The van der Waals surface area contributed by atoms with Gasteiger partial charge in [0.25, 0.3) is 5.91 Å².